The molecule has 2 aliphatic rings. The van der Waals surface area contributed by atoms with E-state index in [1.165, 1.54) is 0 Å². The van der Waals surface area contributed by atoms with Crippen LogP contribution in [0.15, 0.2) is 65.8 Å². The number of aliphatic imine (C=N–C) groups is 1. The van der Waals surface area contributed by atoms with Gasteiger partial charge in [0.1, 0.15) is 0 Å². The summed E-state index contributed by atoms with van der Waals surface area (Å²) < 4.78 is 0. The summed E-state index contributed by atoms with van der Waals surface area (Å²) >= 11 is 0. The number of carbonyl (C=O) groups excluding carboxylic acids is 2. The second kappa shape index (κ2) is 10.0. The third kappa shape index (κ3) is 5.15. The fourth-order valence-electron chi connectivity index (χ4n) is 5.31. The van der Waals surface area contributed by atoms with Crippen molar-refractivity contribution in [3.05, 3.63) is 99.9 Å². The highest BCUT2D eigenvalue weighted by Gasteiger charge is 2.26. The van der Waals surface area contributed by atoms with Crippen LogP contribution in [0.4, 0.5) is 0 Å². The number of nitrogens with zero attached hydrogens (tertiary/aromatic N) is 3. The highest BCUT2D eigenvalue weighted by Crippen LogP contribution is 2.27. The van der Waals surface area contributed by atoms with Gasteiger partial charge < -0.3 is 0 Å². The van der Waals surface area contributed by atoms with E-state index in [1.54, 1.807) is 6.20 Å². The van der Waals surface area contributed by atoms with Crippen LogP contribution in [0.5, 0.6) is 0 Å². The number of rotatable bonds is 7. The second-order valence-electron chi connectivity index (χ2n) is 9.83. The molecule has 1 fully saturated rings. The maximum atomic E-state index is 13.3. The van der Waals surface area contributed by atoms with Gasteiger partial charge in [0.15, 0.2) is 11.6 Å². The number of aryl methyl sites for hydroxylation is 2. The molecule has 0 saturated carbocycles. The number of ketones is 2. The number of piperidine rings is 1. The number of hydrogen-bond donors (Lipinski definition) is 0. The molecule has 1 atom stereocenters. The zero-order chi connectivity index (χ0) is 24.4. The normalized spacial score (nSPS) is 17.7. The van der Waals surface area contributed by atoms with Crippen molar-refractivity contribution in [2.45, 2.75) is 39.7 Å². The van der Waals surface area contributed by atoms with Gasteiger partial charge in [-0.15, -0.1) is 0 Å². The second-order valence-corrected chi connectivity index (χ2v) is 9.83. The maximum Gasteiger partial charge on any atom is 0.177 e. The van der Waals surface area contributed by atoms with Crippen LogP contribution in [-0.2, 0) is 6.54 Å². The predicted octanol–water partition coefficient (Wildman–Crippen LogP) is 5.22. The van der Waals surface area contributed by atoms with Gasteiger partial charge in [-0.05, 0) is 68.5 Å². The summed E-state index contributed by atoms with van der Waals surface area (Å²) in [7, 11) is 0. The van der Waals surface area contributed by atoms with E-state index in [9.17, 15) is 9.59 Å². The van der Waals surface area contributed by atoms with Crippen molar-refractivity contribution in [1.82, 2.24) is 9.88 Å². The Kier molecular flexibility index (Phi) is 6.69. The van der Waals surface area contributed by atoms with Crippen molar-refractivity contribution in [2.75, 3.05) is 19.6 Å². The molecule has 0 radical (unpaired) electrons. The van der Waals surface area contributed by atoms with Crippen LogP contribution < -0.4 is 0 Å². The van der Waals surface area contributed by atoms with Gasteiger partial charge in [0.05, 0.1) is 18.8 Å². The first-order valence-corrected chi connectivity index (χ1v) is 12.4. The van der Waals surface area contributed by atoms with Crippen LogP contribution in [0.2, 0.25) is 0 Å². The van der Waals surface area contributed by atoms with Gasteiger partial charge in [-0.2, -0.15) is 0 Å². The monoisotopic (exact) mass is 465 g/mol. The van der Waals surface area contributed by atoms with Gasteiger partial charge in [0.2, 0.25) is 0 Å². The van der Waals surface area contributed by atoms with Crippen LogP contribution in [0.25, 0.3) is 0 Å². The summed E-state index contributed by atoms with van der Waals surface area (Å²) in [5, 5.41) is 0. The molecule has 0 amide bonds. The first-order chi connectivity index (χ1) is 17.0. The van der Waals surface area contributed by atoms with Gasteiger partial charge in [0.25, 0.3) is 0 Å². The Balaban J connectivity index is 1.25. The lowest BCUT2D eigenvalue weighted by Gasteiger charge is -2.32. The topological polar surface area (TPSA) is 62.6 Å². The van der Waals surface area contributed by atoms with E-state index in [0.29, 0.717) is 19.5 Å². The molecule has 35 heavy (non-hydrogen) atoms. The molecule has 0 N–H and O–H groups in total. The zero-order valence-electron chi connectivity index (χ0n) is 20.5. The molecule has 3 aromatic rings. The minimum absolute atomic E-state index is 0.159. The molecule has 178 valence electrons. The number of Topliss-reactive ketones (excluding diaryl/α,β-unsaturated/α-hetero) is 2. The summed E-state index contributed by atoms with van der Waals surface area (Å²) in [5.74, 6) is 0.596. The smallest absolute Gasteiger partial charge is 0.177 e. The fourth-order valence-corrected chi connectivity index (χ4v) is 5.31. The third-order valence-electron chi connectivity index (χ3n) is 7.15. The first kappa shape index (κ1) is 23.3. The van der Waals surface area contributed by atoms with Crippen LogP contribution in [0.1, 0.15) is 67.9 Å². The van der Waals surface area contributed by atoms with Crippen LogP contribution in [0.3, 0.4) is 0 Å². The van der Waals surface area contributed by atoms with E-state index in [1.807, 2.05) is 68.4 Å². The van der Waals surface area contributed by atoms with E-state index >= 15 is 0 Å². The summed E-state index contributed by atoms with van der Waals surface area (Å²) in [6, 6.07) is 17.8. The summed E-state index contributed by atoms with van der Waals surface area (Å²) in [5.41, 5.74) is 7.71. The maximum absolute atomic E-state index is 13.3. The van der Waals surface area contributed by atoms with Gasteiger partial charge in [-0.1, -0.05) is 36.4 Å². The summed E-state index contributed by atoms with van der Waals surface area (Å²) in [6.07, 6.45) is 4.35. The average molecular weight is 466 g/mol. The molecule has 0 unspecified atom stereocenters. The van der Waals surface area contributed by atoms with Crippen molar-refractivity contribution < 1.29 is 9.59 Å². The quantitative estimate of drug-likeness (QED) is 0.449. The largest absolute Gasteiger partial charge is 0.296 e. The minimum atomic E-state index is 0.159. The molecule has 2 aliphatic heterocycles. The molecular formula is C30H31N3O2. The number of carbonyl (C=O) groups is 2. The van der Waals surface area contributed by atoms with Gasteiger partial charge in [-0.25, -0.2) is 0 Å². The van der Waals surface area contributed by atoms with E-state index in [4.69, 9.17) is 4.99 Å². The lowest BCUT2D eigenvalue weighted by atomic mass is 9.89. The van der Waals surface area contributed by atoms with Gasteiger partial charge in [-0.3, -0.25) is 24.5 Å². The molecule has 5 nitrogen and oxygen atoms in total. The first-order valence-electron chi connectivity index (χ1n) is 12.4. The van der Waals surface area contributed by atoms with Crippen LogP contribution in [-0.4, -0.2) is 46.8 Å². The van der Waals surface area contributed by atoms with Crippen molar-refractivity contribution in [3.63, 3.8) is 0 Å². The van der Waals surface area contributed by atoms with Crippen LogP contribution in [0, 0.1) is 19.8 Å². The number of aromatic nitrogens is 1. The summed E-state index contributed by atoms with van der Waals surface area (Å²) in [4.78, 5) is 37.4. The van der Waals surface area contributed by atoms with E-state index in [2.05, 4.69) is 9.88 Å². The highest BCUT2D eigenvalue weighted by molar-refractivity contribution is 6.16. The van der Waals surface area contributed by atoms with E-state index < -0.39 is 0 Å². The number of benzene rings is 2. The molecular weight excluding hydrogens is 434 g/mol. The zero-order valence-corrected chi connectivity index (χ0v) is 20.5. The van der Waals surface area contributed by atoms with Crippen molar-refractivity contribution in [3.8, 4) is 0 Å². The van der Waals surface area contributed by atoms with E-state index in [-0.39, 0.29) is 17.5 Å². The summed E-state index contributed by atoms with van der Waals surface area (Å²) in [6.45, 7) is 6.71. The number of hydrogen-bond acceptors (Lipinski definition) is 5. The predicted molar refractivity (Wildman–Crippen MR) is 138 cm³/mol. The molecule has 5 rings (SSSR count). The molecule has 3 heterocycles. The van der Waals surface area contributed by atoms with Crippen molar-refractivity contribution in [1.29, 1.82) is 0 Å². The Morgan fingerprint density at radius 3 is 2.71 bits per heavy atom. The van der Waals surface area contributed by atoms with Crippen LogP contribution >= 0.6 is 0 Å². The standard InChI is InChI=1S/C30H31N3O2/c1-20-6-3-4-8-26(20)29(35)19-33-13-5-7-22(18-33)15-28(34)23-9-10-25-17-32-30(27(25)16-23)24-11-12-31-21(2)14-24/h3-4,6,8-12,14,16,22H,5,7,13,15,17-19H2,1-2H3/t22-/m0/s1. The van der Waals surface area contributed by atoms with Gasteiger partial charge in [0, 0.05) is 47.1 Å². The highest BCUT2D eigenvalue weighted by atomic mass is 16.1. The minimum Gasteiger partial charge on any atom is -0.296 e. The molecule has 5 heteroatoms. The average Bonchev–Trinajstić information content (AvgIpc) is 3.28. The lowest BCUT2D eigenvalue weighted by molar-refractivity contribution is 0.0850. The molecule has 0 aliphatic carbocycles. The van der Waals surface area contributed by atoms with E-state index in [0.717, 1.165) is 70.7 Å². The molecule has 1 aromatic heterocycles. The number of pyridine rings is 1. The lowest BCUT2D eigenvalue weighted by Crippen LogP contribution is -2.39. The third-order valence-corrected chi connectivity index (χ3v) is 7.15. The molecule has 0 bridgehead atoms. The Hall–Kier alpha value is -3.44. The van der Waals surface area contributed by atoms with Crippen molar-refractivity contribution >= 4 is 17.3 Å². The SMILES string of the molecule is Cc1cc(C2=NCc3ccc(C(=O)C[C@@H]4CCCN(CC(=O)c5ccccc5C)C4)cc32)ccn1. The molecule has 2 aromatic carbocycles. The fraction of sp³-hybridized carbons (Fsp3) is 0.333. The van der Waals surface area contributed by atoms with Crippen molar-refractivity contribution in [2.24, 2.45) is 10.9 Å². The molecule has 1 saturated heterocycles. The van der Waals surface area contributed by atoms with Gasteiger partial charge >= 0.3 is 0 Å². The number of fused-ring (bicyclic) bond motifs is 1. The Bertz CT molecular complexity index is 1310. The Morgan fingerprint density at radius 1 is 1.03 bits per heavy atom. The Morgan fingerprint density at radius 2 is 1.89 bits per heavy atom. The molecule has 0 spiro atoms. The Labute approximate surface area is 206 Å². The number of likely N-dealkylation sites (tertiary alicyclic amines) is 1.